The number of amides is 1. The van der Waals surface area contributed by atoms with Crippen LogP contribution in [-0.4, -0.2) is 53.7 Å². The summed E-state index contributed by atoms with van der Waals surface area (Å²) in [4.78, 5) is 14.8. The number of carbonyl (C=O) groups is 1. The topological polar surface area (TPSA) is 73.0 Å². The van der Waals surface area contributed by atoms with Crippen LogP contribution < -0.4 is 10.6 Å². The number of aromatic nitrogens is 2. The van der Waals surface area contributed by atoms with Crippen LogP contribution in [0, 0.1) is 0 Å². The zero-order valence-corrected chi connectivity index (χ0v) is 14.2. The first-order chi connectivity index (χ1) is 11.3. The van der Waals surface area contributed by atoms with Crippen molar-refractivity contribution in [3.8, 4) is 0 Å². The van der Waals surface area contributed by atoms with E-state index < -0.39 is 0 Å². The quantitative estimate of drug-likeness (QED) is 0.694. The monoisotopic (exact) mass is 319 g/mol. The molecule has 1 aliphatic carbocycles. The number of aromatic amines is 1. The molecule has 1 amide bonds. The number of hydrogen-bond acceptors (Lipinski definition) is 4. The molecule has 0 spiro atoms. The van der Waals surface area contributed by atoms with Gasteiger partial charge < -0.3 is 15.5 Å². The van der Waals surface area contributed by atoms with Crippen molar-refractivity contribution in [3.05, 3.63) is 17.0 Å². The van der Waals surface area contributed by atoms with Crippen LogP contribution in [0.4, 0.5) is 0 Å². The third-order valence-electron chi connectivity index (χ3n) is 5.19. The number of nitrogens with one attached hydrogen (secondary N) is 3. The second kappa shape index (κ2) is 7.93. The van der Waals surface area contributed by atoms with Gasteiger partial charge in [-0.05, 0) is 32.9 Å². The zero-order chi connectivity index (χ0) is 16.1. The molecule has 0 radical (unpaired) electrons. The van der Waals surface area contributed by atoms with E-state index in [1.54, 1.807) is 0 Å². The molecule has 23 heavy (non-hydrogen) atoms. The summed E-state index contributed by atoms with van der Waals surface area (Å²) in [5.41, 5.74) is 2.70. The Balaban J connectivity index is 1.40. The number of carbonyl (C=O) groups excluding carboxylic acids is 1. The maximum absolute atomic E-state index is 12.3. The summed E-state index contributed by atoms with van der Waals surface area (Å²) >= 11 is 0. The molecule has 1 aromatic heterocycles. The summed E-state index contributed by atoms with van der Waals surface area (Å²) in [5, 5.41) is 13.5. The highest BCUT2D eigenvalue weighted by Gasteiger charge is 2.21. The molecule has 1 aliphatic heterocycles. The molecular formula is C17H29N5O. The van der Waals surface area contributed by atoms with Crippen molar-refractivity contribution < 1.29 is 4.79 Å². The predicted molar refractivity (Wildman–Crippen MR) is 90.5 cm³/mol. The molecule has 0 bridgehead atoms. The Morgan fingerprint density at radius 1 is 1.35 bits per heavy atom. The van der Waals surface area contributed by atoms with Gasteiger partial charge in [0.1, 0.15) is 0 Å². The van der Waals surface area contributed by atoms with Crippen molar-refractivity contribution in [1.29, 1.82) is 0 Å². The third-order valence-corrected chi connectivity index (χ3v) is 5.19. The lowest BCUT2D eigenvalue weighted by Gasteiger charge is -2.31. The Kier molecular flexibility index (Phi) is 5.67. The summed E-state index contributed by atoms with van der Waals surface area (Å²) in [6.45, 7) is 3.44. The first-order valence-electron chi connectivity index (χ1n) is 9.01. The van der Waals surface area contributed by atoms with Gasteiger partial charge in [-0.2, -0.15) is 5.10 Å². The van der Waals surface area contributed by atoms with Gasteiger partial charge >= 0.3 is 0 Å². The molecule has 0 unspecified atom stereocenters. The van der Waals surface area contributed by atoms with Crippen LogP contribution in [0.15, 0.2) is 0 Å². The van der Waals surface area contributed by atoms with Gasteiger partial charge in [-0.15, -0.1) is 0 Å². The molecule has 0 atom stereocenters. The Morgan fingerprint density at radius 2 is 2.17 bits per heavy atom. The van der Waals surface area contributed by atoms with Gasteiger partial charge in [0.25, 0.3) is 5.91 Å². The van der Waals surface area contributed by atoms with Crippen LogP contribution >= 0.6 is 0 Å². The fraction of sp³-hybridized carbons (Fsp3) is 0.765. The van der Waals surface area contributed by atoms with Crippen LogP contribution in [0.3, 0.4) is 0 Å². The molecule has 128 valence electrons. The molecule has 6 heteroatoms. The lowest BCUT2D eigenvalue weighted by molar-refractivity contribution is 0.0944. The molecular weight excluding hydrogens is 290 g/mol. The smallest absolute Gasteiger partial charge is 0.272 e. The number of rotatable bonds is 6. The van der Waals surface area contributed by atoms with Crippen LogP contribution in [0.25, 0.3) is 0 Å². The molecule has 2 aliphatic rings. The average molecular weight is 319 g/mol. The molecule has 1 saturated carbocycles. The maximum atomic E-state index is 12.3. The van der Waals surface area contributed by atoms with Gasteiger partial charge in [-0.1, -0.05) is 19.3 Å². The summed E-state index contributed by atoms with van der Waals surface area (Å²) in [6, 6.07) is 0.740. The minimum Gasteiger partial charge on any atom is -0.351 e. The highest BCUT2D eigenvalue weighted by atomic mass is 16.1. The van der Waals surface area contributed by atoms with Crippen molar-refractivity contribution in [1.82, 2.24) is 25.7 Å². The first-order valence-corrected chi connectivity index (χ1v) is 9.01. The standard InChI is InChI=1S/C17H29N5O/c1-22(13-6-3-2-4-7-13)11-5-9-19-17(23)16-14-12-18-10-8-15(14)20-21-16/h13,18H,2-12H2,1H3,(H,19,23)(H,20,21). The second-order valence-corrected chi connectivity index (χ2v) is 6.84. The number of fused-ring (bicyclic) bond motifs is 1. The van der Waals surface area contributed by atoms with Gasteiger partial charge in [0, 0.05) is 43.4 Å². The summed E-state index contributed by atoms with van der Waals surface area (Å²) in [6.07, 6.45) is 8.69. The van der Waals surface area contributed by atoms with E-state index in [1.807, 2.05) is 0 Å². The second-order valence-electron chi connectivity index (χ2n) is 6.84. The van der Waals surface area contributed by atoms with Crippen molar-refractivity contribution in [2.75, 3.05) is 26.7 Å². The largest absolute Gasteiger partial charge is 0.351 e. The van der Waals surface area contributed by atoms with Crippen molar-refractivity contribution in [3.63, 3.8) is 0 Å². The van der Waals surface area contributed by atoms with Gasteiger partial charge in [0.15, 0.2) is 5.69 Å². The Bertz CT molecular complexity index is 521. The van der Waals surface area contributed by atoms with E-state index >= 15 is 0 Å². The number of hydrogen-bond donors (Lipinski definition) is 3. The van der Waals surface area contributed by atoms with Crippen molar-refractivity contribution in [2.24, 2.45) is 0 Å². The highest BCUT2D eigenvalue weighted by Crippen LogP contribution is 2.21. The van der Waals surface area contributed by atoms with Crippen LogP contribution in [0.1, 0.15) is 60.3 Å². The van der Waals surface area contributed by atoms with E-state index in [1.165, 1.54) is 32.1 Å². The van der Waals surface area contributed by atoms with Crippen molar-refractivity contribution in [2.45, 2.75) is 57.5 Å². The summed E-state index contributed by atoms with van der Waals surface area (Å²) in [7, 11) is 2.22. The minimum absolute atomic E-state index is 0.0495. The van der Waals surface area contributed by atoms with Crippen LogP contribution in [-0.2, 0) is 13.0 Å². The third kappa shape index (κ3) is 4.12. The minimum atomic E-state index is -0.0495. The molecule has 2 heterocycles. The van der Waals surface area contributed by atoms with Gasteiger partial charge in [-0.3, -0.25) is 9.89 Å². The van der Waals surface area contributed by atoms with Crippen LogP contribution in [0.2, 0.25) is 0 Å². The lowest BCUT2D eigenvalue weighted by Crippen LogP contribution is -2.36. The fourth-order valence-electron chi connectivity index (χ4n) is 3.73. The van der Waals surface area contributed by atoms with Crippen LogP contribution in [0.5, 0.6) is 0 Å². The van der Waals surface area contributed by atoms with Gasteiger partial charge in [-0.25, -0.2) is 0 Å². The van der Waals surface area contributed by atoms with E-state index in [4.69, 9.17) is 0 Å². The number of nitrogens with zero attached hydrogens (tertiary/aromatic N) is 2. The molecule has 3 rings (SSSR count). The summed E-state index contributed by atoms with van der Waals surface area (Å²) < 4.78 is 0. The maximum Gasteiger partial charge on any atom is 0.272 e. The lowest BCUT2D eigenvalue weighted by atomic mass is 9.94. The van der Waals surface area contributed by atoms with Gasteiger partial charge in [0.05, 0.1) is 0 Å². The molecule has 0 aromatic carbocycles. The average Bonchev–Trinajstić information content (AvgIpc) is 3.03. The molecule has 6 nitrogen and oxygen atoms in total. The van der Waals surface area contributed by atoms with Gasteiger partial charge in [0.2, 0.25) is 0 Å². The van der Waals surface area contributed by atoms with E-state index in [9.17, 15) is 4.79 Å². The SMILES string of the molecule is CN(CCCNC(=O)c1n[nH]c2c1CNCC2)C1CCCCC1. The Morgan fingerprint density at radius 3 is 3.00 bits per heavy atom. The molecule has 3 N–H and O–H groups in total. The van der Waals surface area contributed by atoms with E-state index in [2.05, 4.69) is 32.8 Å². The molecule has 1 fully saturated rings. The Hall–Kier alpha value is -1.40. The molecule has 0 saturated heterocycles. The molecule has 1 aromatic rings. The first kappa shape index (κ1) is 16.5. The fourth-order valence-corrected chi connectivity index (χ4v) is 3.73. The highest BCUT2D eigenvalue weighted by molar-refractivity contribution is 5.94. The Labute approximate surface area is 138 Å². The summed E-state index contributed by atoms with van der Waals surface area (Å²) in [5.74, 6) is -0.0495. The zero-order valence-electron chi connectivity index (χ0n) is 14.2. The van der Waals surface area contributed by atoms with E-state index in [0.29, 0.717) is 12.2 Å². The van der Waals surface area contributed by atoms with Crippen molar-refractivity contribution >= 4 is 5.91 Å². The predicted octanol–water partition coefficient (Wildman–Crippen LogP) is 1.44. The van der Waals surface area contributed by atoms with E-state index in [0.717, 1.165) is 49.8 Å². The van der Waals surface area contributed by atoms with E-state index in [-0.39, 0.29) is 5.91 Å². The normalized spacial score (nSPS) is 18.9. The number of H-pyrrole nitrogens is 1.